The van der Waals surface area contributed by atoms with Gasteiger partial charge >= 0.3 is 0 Å². The van der Waals surface area contributed by atoms with Crippen LogP contribution in [-0.2, 0) is 15.0 Å². The molecule has 0 unspecified atom stereocenters. The quantitative estimate of drug-likeness (QED) is 0.731. The van der Waals surface area contributed by atoms with E-state index in [4.69, 9.17) is 5.73 Å². The lowest BCUT2D eigenvalue weighted by Crippen LogP contribution is -2.45. The van der Waals surface area contributed by atoms with Gasteiger partial charge in [-0.1, -0.05) is 25.3 Å². The zero-order valence-electron chi connectivity index (χ0n) is 12.6. The van der Waals surface area contributed by atoms with Crippen molar-refractivity contribution in [3.8, 4) is 0 Å². The lowest BCUT2D eigenvalue weighted by molar-refractivity contribution is -0.125. The molecule has 22 heavy (non-hydrogen) atoms. The lowest BCUT2D eigenvalue weighted by Gasteiger charge is -2.36. The largest absolute Gasteiger partial charge is 0.354 e. The Bertz CT molecular complexity index is 473. The lowest BCUT2D eigenvalue weighted by atomic mass is 9.73. The van der Waals surface area contributed by atoms with E-state index >= 15 is 0 Å². The molecule has 7 heteroatoms. The second-order valence-electron chi connectivity index (χ2n) is 5.58. The average molecular weight is 346 g/mol. The van der Waals surface area contributed by atoms with Crippen molar-refractivity contribution < 1.29 is 9.59 Å². The molecule has 0 radical (unpaired) electrons. The predicted molar refractivity (Wildman–Crippen MR) is 91.4 cm³/mol. The Labute approximate surface area is 141 Å². The molecule has 0 spiro atoms. The van der Waals surface area contributed by atoms with Gasteiger partial charge in [0.05, 0.1) is 13.1 Å². The number of nitrogens with one attached hydrogen (secondary N) is 2. The molecule has 0 aromatic carbocycles. The van der Waals surface area contributed by atoms with E-state index in [-0.39, 0.29) is 42.7 Å². The Morgan fingerprint density at radius 3 is 2.50 bits per heavy atom. The number of carbonyl (C=O) groups excluding carboxylic acids is 2. The Morgan fingerprint density at radius 1 is 1.18 bits per heavy atom. The number of rotatable bonds is 6. The second kappa shape index (κ2) is 9.12. The summed E-state index contributed by atoms with van der Waals surface area (Å²) in [6.07, 6.45) is 5.91. The minimum Gasteiger partial charge on any atom is -0.354 e. The summed E-state index contributed by atoms with van der Waals surface area (Å²) in [4.78, 5) is 24.3. The molecule has 0 aliphatic heterocycles. The highest BCUT2D eigenvalue weighted by Crippen LogP contribution is 2.40. The number of thiophene rings is 1. The number of halogens is 1. The summed E-state index contributed by atoms with van der Waals surface area (Å²) in [7, 11) is 0. The van der Waals surface area contributed by atoms with Crippen LogP contribution in [0.3, 0.4) is 0 Å². The van der Waals surface area contributed by atoms with Gasteiger partial charge in [-0.25, -0.2) is 0 Å². The highest BCUT2D eigenvalue weighted by molar-refractivity contribution is 7.10. The van der Waals surface area contributed by atoms with Crippen molar-refractivity contribution in [1.82, 2.24) is 10.6 Å². The minimum atomic E-state index is -0.309. The Balaban J connectivity index is 0.00000242. The summed E-state index contributed by atoms with van der Waals surface area (Å²) in [5, 5.41) is 7.56. The predicted octanol–water partition coefficient (Wildman–Crippen LogP) is 1.56. The Hall–Kier alpha value is -1.11. The van der Waals surface area contributed by atoms with Crippen LogP contribution in [0.15, 0.2) is 17.5 Å². The summed E-state index contributed by atoms with van der Waals surface area (Å²) < 4.78 is 0. The summed E-state index contributed by atoms with van der Waals surface area (Å²) in [6, 6.07) is 4.23. The minimum absolute atomic E-state index is 0. The molecule has 1 aromatic heterocycles. The van der Waals surface area contributed by atoms with E-state index in [1.54, 1.807) is 11.3 Å². The van der Waals surface area contributed by atoms with Crippen molar-refractivity contribution in [3.63, 3.8) is 0 Å². The van der Waals surface area contributed by atoms with Gasteiger partial charge in [0, 0.05) is 16.8 Å². The van der Waals surface area contributed by atoms with Crippen molar-refractivity contribution in [3.05, 3.63) is 22.4 Å². The van der Waals surface area contributed by atoms with Crippen LogP contribution in [0.5, 0.6) is 0 Å². The van der Waals surface area contributed by atoms with Crippen molar-refractivity contribution >= 4 is 35.6 Å². The highest BCUT2D eigenvalue weighted by Gasteiger charge is 2.35. The molecular formula is C15H24ClN3O2S. The van der Waals surface area contributed by atoms with Gasteiger partial charge in [0.2, 0.25) is 11.8 Å². The summed E-state index contributed by atoms with van der Waals surface area (Å²) >= 11 is 1.76. The van der Waals surface area contributed by atoms with Gasteiger partial charge < -0.3 is 16.4 Å². The van der Waals surface area contributed by atoms with Crippen LogP contribution in [0.1, 0.15) is 37.0 Å². The molecule has 2 rings (SSSR count). The first-order chi connectivity index (χ1) is 10.2. The van der Waals surface area contributed by atoms with Crippen LogP contribution in [0, 0.1) is 0 Å². The van der Waals surface area contributed by atoms with Gasteiger partial charge in [0.1, 0.15) is 0 Å². The fourth-order valence-corrected chi connectivity index (χ4v) is 3.89. The molecule has 1 saturated carbocycles. The van der Waals surface area contributed by atoms with E-state index in [9.17, 15) is 9.59 Å². The maximum Gasteiger partial charge on any atom is 0.239 e. The molecule has 0 saturated heterocycles. The molecule has 5 nitrogen and oxygen atoms in total. The van der Waals surface area contributed by atoms with Gasteiger partial charge in [-0.3, -0.25) is 9.59 Å². The molecular weight excluding hydrogens is 322 g/mol. The van der Waals surface area contributed by atoms with Crippen LogP contribution in [0.25, 0.3) is 0 Å². The zero-order chi connectivity index (χ0) is 15.1. The van der Waals surface area contributed by atoms with E-state index < -0.39 is 0 Å². The van der Waals surface area contributed by atoms with Crippen molar-refractivity contribution in [2.24, 2.45) is 5.73 Å². The van der Waals surface area contributed by atoms with E-state index in [1.807, 2.05) is 0 Å². The standard InChI is InChI=1S/C15H23N3O2S.ClH/c16-9-13(19)17-10-14(20)18-11-15(6-2-1-3-7-15)12-5-4-8-21-12;/h4-5,8H,1-3,6-7,9-11,16H2,(H,17,19)(H,18,20);1H. The summed E-state index contributed by atoms with van der Waals surface area (Å²) in [6.45, 7) is 0.549. The molecule has 1 aliphatic carbocycles. The zero-order valence-corrected chi connectivity index (χ0v) is 14.2. The molecule has 0 atom stereocenters. The van der Waals surface area contributed by atoms with Gasteiger partial charge in [-0.2, -0.15) is 0 Å². The number of nitrogens with two attached hydrogens (primary N) is 1. The van der Waals surface area contributed by atoms with E-state index in [0.717, 1.165) is 12.8 Å². The van der Waals surface area contributed by atoms with Gasteiger partial charge in [-0.15, -0.1) is 23.7 Å². The number of amides is 2. The van der Waals surface area contributed by atoms with Crippen molar-refractivity contribution in [2.45, 2.75) is 37.5 Å². The van der Waals surface area contributed by atoms with Gasteiger partial charge in [0.15, 0.2) is 0 Å². The van der Waals surface area contributed by atoms with Crippen LogP contribution in [0.4, 0.5) is 0 Å². The van der Waals surface area contributed by atoms with Crippen LogP contribution in [-0.4, -0.2) is 31.4 Å². The van der Waals surface area contributed by atoms with Crippen LogP contribution >= 0.6 is 23.7 Å². The third-order valence-electron chi connectivity index (χ3n) is 4.11. The van der Waals surface area contributed by atoms with E-state index in [2.05, 4.69) is 28.1 Å². The van der Waals surface area contributed by atoms with Crippen molar-refractivity contribution in [1.29, 1.82) is 0 Å². The maximum absolute atomic E-state index is 11.9. The normalized spacial score (nSPS) is 16.4. The number of carbonyl (C=O) groups is 2. The average Bonchev–Trinajstić information content (AvgIpc) is 3.06. The smallest absolute Gasteiger partial charge is 0.239 e. The highest BCUT2D eigenvalue weighted by atomic mass is 35.5. The third-order valence-corrected chi connectivity index (χ3v) is 5.23. The molecule has 1 aromatic rings. The fourth-order valence-electron chi connectivity index (χ4n) is 2.90. The Kier molecular flexibility index (Phi) is 7.85. The molecule has 1 aliphatic rings. The topological polar surface area (TPSA) is 84.2 Å². The first-order valence-electron chi connectivity index (χ1n) is 7.44. The first-order valence-corrected chi connectivity index (χ1v) is 8.32. The monoisotopic (exact) mass is 345 g/mol. The van der Waals surface area contributed by atoms with E-state index in [1.165, 1.54) is 24.1 Å². The fraction of sp³-hybridized carbons (Fsp3) is 0.600. The third kappa shape index (κ3) is 4.97. The maximum atomic E-state index is 11.9. The van der Waals surface area contributed by atoms with Gasteiger partial charge in [0.25, 0.3) is 0 Å². The summed E-state index contributed by atoms with van der Waals surface area (Å²) in [5.74, 6) is -0.464. The van der Waals surface area contributed by atoms with Crippen molar-refractivity contribution in [2.75, 3.05) is 19.6 Å². The Morgan fingerprint density at radius 2 is 1.91 bits per heavy atom. The second-order valence-corrected chi connectivity index (χ2v) is 6.52. The molecule has 0 bridgehead atoms. The summed E-state index contributed by atoms with van der Waals surface area (Å²) in [5.41, 5.74) is 5.26. The number of hydrogen-bond donors (Lipinski definition) is 3. The van der Waals surface area contributed by atoms with Crippen LogP contribution < -0.4 is 16.4 Å². The van der Waals surface area contributed by atoms with Crippen LogP contribution in [0.2, 0.25) is 0 Å². The first kappa shape index (κ1) is 18.9. The van der Waals surface area contributed by atoms with Gasteiger partial charge in [-0.05, 0) is 24.3 Å². The molecule has 124 valence electrons. The molecule has 2 amide bonds. The van der Waals surface area contributed by atoms with E-state index in [0.29, 0.717) is 6.54 Å². The molecule has 4 N–H and O–H groups in total. The number of hydrogen-bond acceptors (Lipinski definition) is 4. The SMILES string of the molecule is Cl.NCC(=O)NCC(=O)NCC1(c2cccs2)CCCCC1. The molecule has 1 heterocycles. The molecule has 1 fully saturated rings.